The summed E-state index contributed by atoms with van der Waals surface area (Å²) in [5, 5.41) is 6.21. The number of pyridine rings is 2. The summed E-state index contributed by atoms with van der Waals surface area (Å²) >= 11 is 6.03. The molecule has 6 heteroatoms. The summed E-state index contributed by atoms with van der Waals surface area (Å²) in [5.74, 6) is 0.395. The molecule has 0 saturated heterocycles. The Bertz CT molecular complexity index is 628. The Morgan fingerprint density at radius 1 is 1.29 bits per heavy atom. The van der Waals surface area contributed by atoms with Crippen molar-refractivity contribution in [1.29, 1.82) is 0 Å². The molecule has 0 fully saturated rings. The Hall–Kier alpha value is -2.14. The number of nitrogens with one attached hydrogen (secondary N) is 2. The average Bonchev–Trinajstić information content (AvgIpc) is 2.48. The molecule has 0 saturated carbocycles. The molecule has 2 heterocycles. The van der Waals surface area contributed by atoms with Crippen LogP contribution in [0, 0.1) is 6.92 Å². The number of anilines is 1. The molecule has 5 nitrogen and oxygen atoms in total. The first-order valence-electron chi connectivity index (χ1n) is 6.69. The van der Waals surface area contributed by atoms with Gasteiger partial charge in [0.1, 0.15) is 5.82 Å². The number of carbonyl (C=O) groups excluding carboxylic acids is 1. The van der Waals surface area contributed by atoms with Crippen LogP contribution >= 0.6 is 11.6 Å². The second kappa shape index (κ2) is 7.04. The first-order valence-corrected chi connectivity index (χ1v) is 7.07. The standard InChI is InChI=1S/C15H17ClN4O/c1-3-17-14-6-12(13(16)9-19-14)15(21)20-8-11-5-4-10(2)18-7-11/h4-7,9H,3,8H2,1-2H3,(H,17,19)(H,20,21). The average molecular weight is 305 g/mol. The van der Waals surface area contributed by atoms with E-state index >= 15 is 0 Å². The van der Waals surface area contributed by atoms with Gasteiger partial charge in [-0.3, -0.25) is 9.78 Å². The number of nitrogens with zero attached hydrogens (tertiary/aromatic N) is 2. The van der Waals surface area contributed by atoms with Crippen molar-refractivity contribution < 1.29 is 4.79 Å². The van der Waals surface area contributed by atoms with Crippen LogP contribution in [0.4, 0.5) is 5.82 Å². The molecule has 0 aliphatic rings. The van der Waals surface area contributed by atoms with E-state index in [1.165, 1.54) is 6.20 Å². The highest BCUT2D eigenvalue weighted by molar-refractivity contribution is 6.33. The van der Waals surface area contributed by atoms with Crippen LogP contribution < -0.4 is 10.6 Å². The lowest BCUT2D eigenvalue weighted by Gasteiger charge is -2.09. The fourth-order valence-electron chi connectivity index (χ4n) is 1.77. The molecule has 2 rings (SSSR count). The maximum absolute atomic E-state index is 12.2. The summed E-state index contributed by atoms with van der Waals surface area (Å²) in [5.41, 5.74) is 2.28. The number of aryl methyl sites for hydroxylation is 1. The van der Waals surface area contributed by atoms with Crippen LogP contribution in [0.3, 0.4) is 0 Å². The van der Waals surface area contributed by atoms with E-state index in [1.807, 2.05) is 26.0 Å². The maximum Gasteiger partial charge on any atom is 0.253 e. The summed E-state index contributed by atoms with van der Waals surface area (Å²) < 4.78 is 0. The Kier molecular flexibility index (Phi) is 5.11. The topological polar surface area (TPSA) is 66.9 Å². The third-order valence-corrected chi connectivity index (χ3v) is 3.18. The smallest absolute Gasteiger partial charge is 0.253 e. The van der Waals surface area contributed by atoms with Crippen molar-refractivity contribution in [3.63, 3.8) is 0 Å². The number of halogens is 1. The Balaban J connectivity index is 2.05. The highest BCUT2D eigenvalue weighted by Gasteiger charge is 2.11. The van der Waals surface area contributed by atoms with Crippen LogP contribution in [0.2, 0.25) is 5.02 Å². The number of amides is 1. The first-order chi connectivity index (χ1) is 10.1. The van der Waals surface area contributed by atoms with Gasteiger partial charge in [-0.2, -0.15) is 0 Å². The summed E-state index contributed by atoms with van der Waals surface area (Å²) in [4.78, 5) is 20.5. The minimum absolute atomic E-state index is 0.234. The zero-order chi connectivity index (χ0) is 15.2. The van der Waals surface area contributed by atoms with E-state index < -0.39 is 0 Å². The molecular weight excluding hydrogens is 288 g/mol. The molecule has 1 amide bonds. The number of hydrogen-bond donors (Lipinski definition) is 2. The van der Waals surface area contributed by atoms with Gasteiger partial charge in [-0.15, -0.1) is 0 Å². The summed E-state index contributed by atoms with van der Waals surface area (Å²) in [6.07, 6.45) is 3.22. The van der Waals surface area contributed by atoms with E-state index in [9.17, 15) is 4.79 Å². The van der Waals surface area contributed by atoms with Gasteiger partial charge < -0.3 is 10.6 Å². The lowest BCUT2D eigenvalue weighted by atomic mass is 10.2. The van der Waals surface area contributed by atoms with Crippen molar-refractivity contribution >= 4 is 23.3 Å². The van der Waals surface area contributed by atoms with Crippen molar-refractivity contribution in [1.82, 2.24) is 15.3 Å². The van der Waals surface area contributed by atoms with Gasteiger partial charge in [0.15, 0.2) is 0 Å². The van der Waals surface area contributed by atoms with Gasteiger partial charge >= 0.3 is 0 Å². The van der Waals surface area contributed by atoms with Crippen LogP contribution in [0.1, 0.15) is 28.5 Å². The summed E-state index contributed by atoms with van der Waals surface area (Å²) in [7, 11) is 0. The molecule has 2 aromatic heterocycles. The van der Waals surface area contributed by atoms with Crippen LogP contribution in [-0.2, 0) is 6.54 Å². The fourth-order valence-corrected chi connectivity index (χ4v) is 1.96. The van der Waals surface area contributed by atoms with E-state index in [-0.39, 0.29) is 5.91 Å². The Morgan fingerprint density at radius 3 is 2.76 bits per heavy atom. The van der Waals surface area contributed by atoms with Crippen molar-refractivity contribution in [3.05, 3.63) is 52.4 Å². The van der Waals surface area contributed by atoms with E-state index in [1.54, 1.807) is 12.3 Å². The SMILES string of the molecule is CCNc1cc(C(=O)NCc2ccc(C)nc2)c(Cl)cn1. The van der Waals surface area contributed by atoms with Crippen molar-refractivity contribution in [2.24, 2.45) is 0 Å². The number of carbonyl (C=O) groups is 1. The molecule has 2 N–H and O–H groups in total. The largest absolute Gasteiger partial charge is 0.370 e. The monoisotopic (exact) mass is 304 g/mol. The van der Waals surface area contributed by atoms with E-state index in [0.29, 0.717) is 22.9 Å². The van der Waals surface area contributed by atoms with Gasteiger partial charge in [-0.25, -0.2) is 4.98 Å². The Labute approximate surface area is 128 Å². The molecule has 0 atom stereocenters. The molecule has 2 aromatic rings. The molecular formula is C15H17ClN4O. The zero-order valence-electron chi connectivity index (χ0n) is 12.0. The second-order valence-electron chi connectivity index (χ2n) is 4.57. The molecule has 0 aliphatic heterocycles. The molecule has 0 spiro atoms. The molecule has 0 aliphatic carbocycles. The van der Waals surface area contributed by atoms with Crippen LogP contribution in [0.25, 0.3) is 0 Å². The van der Waals surface area contributed by atoms with Crippen molar-refractivity contribution in [2.75, 3.05) is 11.9 Å². The van der Waals surface area contributed by atoms with E-state index in [0.717, 1.165) is 17.8 Å². The predicted molar refractivity (Wildman–Crippen MR) is 83.6 cm³/mol. The predicted octanol–water partition coefficient (Wildman–Crippen LogP) is 2.80. The quantitative estimate of drug-likeness (QED) is 0.891. The zero-order valence-corrected chi connectivity index (χ0v) is 12.7. The molecule has 110 valence electrons. The summed E-state index contributed by atoms with van der Waals surface area (Å²) in [6, 6.07) is 5.49. The number of hydrogen-bond acceptors (Lipinski definition) is 4. The third kappa shape index (κ3) is 4.16. The molecule has 0 unspecified atom stereocenters. The van der Waals surface area contributed by atoms with Gasteiger partial charge in [0.05, 0.1) is 10.6 Å². The van der Waals surface area contributed by atoms with Crippen molar-refractivity contribution in [3.8, 4) is 0 Å². The minimum Gasteiger partial charge on any atom is -0.370 e. The summed E-state index contributed by atoms with van der Waals surface area (Å²) in [6.45, 7) is 5.01. The van der Waals surface area contributed by atoms with Crippen LogP contribution in [-0.4, -0.2) is 22.4 Å². The third-order valence-electron chi connectivity index (χ3n) is 2.88. The van der Waals surface area contributed by atoms with Gasteiger partial charge in [-0.1, -0.05) is 17.7 Å². The highest BCUT2D eigenvalue weighted by Crippen LogP contribution is 2.18. The van der Waals surface area contributed by atoms with E-state index in [2.05, 4.69) is 20.6 Å². The first kappa shape index (κ1) is 15.3. The number of aromatic nitrogens is 2. The van der Waals surface area contributed by atoms with Gasteiger partial charge in [0.2, 0.25) is 0 Å². The van der Waals surface area contributed by atoms with Gasteiger partial charge in [-0.05, 0) is 31.5 Å². The highest BCUT2D eigenvalue weighted by atomic mass is 35.5. The lowest BCUT2D eigenvalue weighted by Crippen LogP contribution is -2.23. The normalized spacial score (nSPS) is 10.2. The van der Waals surface area contributed by atoms with E-state index in [4.69, 9.17) is 11.6 Å². The van der Waals surface area contributed by atoms with Crippen LogP contribution in [0.15, 0.2) is 30.6 Å². The van der Waals surface area contributed by atoms with Crippen LogP contribution in [0.5, 0.6) is 0 Å². The second-order valence-corrected chi connectivity index (χ2v) is 4.98. The molecule has 21 heavy (non-hydrogen) atoms. The molecule has 0 bridgehead atoms. The maximum atomic E-state index is 12.2. The fraction of sp³-hybridized carbons (Fsp3) is 0.267. The molecule has 0 radical (unpaired) electrons. The lowest BCUT2D eigenvalue weighted by molar-refractivity contribution is 0.0951. The van der Waals surface area contributed by atoms with Crippen molar-refractivity contribution in [2.45, 2.75) is 20.4 Å². The van der Waals surface area contributed by atoms with Gasteiger partial charge in [0.25, 0.3) is 5.91 Å². The minimum atomic E-state index is -0.234. The Morgan fingerprint density at radius 2 is 2.10 bits per heavy atom. The molecule has 0 aromatic carbocycles. The number of rotatable bonds is 5. The van der Waals surface area contributed by atoms with Gasteiger partial charge in [0, 0.05) is 31.2 Å².